The third-order valence-corrected chi connectivity index (χ3v) is 7.26. The Kier molecular flexibility index (Phi) is 7.43. The Hall–Kier alpha value is -2.62. The largest absolute Gasteiger partial charge is 0.452 e. The van der Waals surface area contributed by atoms with Gasteiger partial charge >= 0.3 is 5.97 Å². The van der Waals surface area contributed by atoms with Crippen LogP contribution in [0.15, 0.2) is 41.3 Å². The maximum absolute atomic E-state index is 12.9. The van der Waals surface area contributed by atoms with Crippen molar-refractivity contribution in [2.75, 3.05) is 44.0 Å². The number of ether oxygens (including phenoxy) is 1. The second kappa shape index (κ2) is 9.89. The molecule has 1 aliphatic heterocycles. The van der Waals surface area contributed by atoms with Crippen molar-refractivity contribution in [3.63, 3.8) is 0 Å². The van der Waals surface area contributed by atoms with Gasteiger partial charge in [0.05, 0.1) is 16.1 Å². The molecule has 1 heterocycles. The van der Waals surface area contributed by atoms with Crippen LogP contribution in [0.2, 0.25) is 5.02 Å². The Morgan fingerprint density at radius 3 is 2.44 bits per heavy atom. The number of nitrogens with zero attached hydrogens (tertiary/aromatic N) is 2. The summed E-state index contributed by atoms with van der Waals surface area (Å²) in [5, 5.41) is 3.23. The highest BCUT2D eigenvalue weighted by Gasteiger charge is 2.25. The highest BCUT2D eigenvalue weighted by atomic mass is 35.5. The summed E-state index contributed by atoms with van der Waals surface area (Å²) < 4.78 is 31.4. The van der Waals surface area contributed by atoms with E-state index in [1.54, 1.807) is 31.2 Å². The fraction of sp³-hybridized carbons (Fsp3) is 0.364. The van der Waals surface area contributed by atoms with E-state index in [0.717, 1.165) is 35.8 Å². The van der Waals surface area contributed by atoms with E-state index in [1.807, 2.05) is 4.90 Å². The van der Waals surface area contributed by atoms with E-state index in [4.69, 9.17) is 16.3 Å². The quantitative estimate of drug-likeness (QED) is 0.612. The van der Waals surface area contributed by atoms with Gasteiger partial charge in [-0.05, 0) is 61.7 Å². The number of sulfonamides is 1. The second-order valence-electron chi connectivity index (χ2n) is 7.74. The van der Waals surface area contributed by atoms with Gasteiger partial charge in [0.1, 0.15) is 0 Å². The van der Waals surface area contributed by atoms with Gasteiger partial charge in [0, 0.05) is 37.9 Å². The van der Waals surface area contributed by atoms with Crippen LogP contribution in [0.3, 0.4) is 0 Å². The maximum atomic E-state index is 12.9. The molecule has 3 rings (SSSR count). The molecule has 1 fully saturated rings. The van der Waals surface area contributed by atoms with Crippen molar-refractivity contribution in [2.24, 2.45) is 0 Å². The first-order valence-electron chi connectivity index (χ1n) is 10.1. The van der Waals surface area contributed by atoms with Crippen LogP contribution in [0.1, 0.15) is 28.8 Å². The lowest BCUT2D eigenvalue weighted by Gasteiger charge is -2.22. The molecule has 2 aromatic rings. The molecular weight excluding hydrogens is 454 g/mol. The molecule has 0 bridgehead atoms. The van der Waals surface area contributed by atoms with Crippen molar-refractivity contribution >= 4 is 44.9 Å². The Labute approximate surface area is 193 Å². The third-order valence-electron chi connectivity index (χ3n) is 5.21. The van der Waals surface area contributed by atoms with Crippen LogP contribution < -0.4 is 10.2 Å². The topological polar surface area (TPSA) is 96.0 Å². The second-order valence-corrected chi connectivity index (χ2v) is 10.3. The number of aryl methyl sites for hydroxylation is 1. The number of halogens is 1. The zero-order valence-electron chi connectivity index (χ0n) is 18.2. The third kappa shape index (κ3) is 5.40. The summed E-state index contributed by atoms with van der Waals surface area (Å²) in [7, 11) is -0.894. The molecule has 0 unspecified atom stereocenters. The molecule has 0 aliphatic carbocycles. The van der Waals surface area contributed by atoms with E-state index in [1.165, 1.54) is 26.2 Å². The first-order chi connectivity index (χ1) is 15.1. The van der Waals surface area contributed by atoms with Crippen LogP contribution in [0, 0.1) is 6.92 Å². The number of anilines is 2. The van der Waals surface area contributed by atoms with Crippen molar-refractivity contribution in [3.8, 4) is 0 Å². The van der Waals surface area contributed by atoms with Crippen molar-refractivity contribution in [1.29, 1.82) is 0 Å². The molecule has 0 spiro atoms. The zero-order valence-corrected chi connectivity index (χ0v) is 19.8. The number of carbonyl (C=O) groups is 2. The van der Waals surface area contributed by atoms with Crippen molar-refractivity contribution < 1.29 is 22.7 Å². The van der Waals surface area contributed by atoms with Gasteiger partial charge in [0.25, 0.3) is 5.91 Å². The first-order valence-corrected chi connectivity index (χ1v) is 12.0. The van der Waals surface area contributed by atoms with E-state index in [0.29, 0.717) is 16.4 Å². The summed E-state index contributed by atoms with van der Waals surface area (Å²) in [6, 6.07) is 9.44. The molecule has 32 heavy (non-hydrogen) atoms. The van der Waals surface area contributed by atoms with Gasteiger partial charge in [0.15, 0.2) is 6.61 Å². The number of carbonyl (C=O) groups excluding carboxylic acids is 2. The summed E-state index contributed by atoms with van der Waals surface area (Å²) in [5.74, 6) is -1.27. The Morgan fingerprint density at radius 1 is 1.12 bits per heavy atom. The average molecular weight is 480 g/mol. The summed E-state index contributed by atoms with van der Waals surface area (Å²) in [6.45, 7) is 2.81. The van der Waals surface area contributed by atoms with Crippen LogP contribution >= 0.6 is 11.6 Å². The minimum Gasteiger partial charge on any atom is -0.452 e. The van der Waals surface area contributed by atoms with Gasteiger partial charge in [0.2, 0.25) is 10.0 Å². The molecule has 0 saturated carbocycles. The van der Waals surface area contributed by atoms with Gasteiger partial charge in [-0.25, -0.2) is 17.5 Å². The number of hydrogen-bond donors (Lipinski definition) is 1. The highest BCUT2D eigenvalue weighted by Crippen LogP contribution is 2.29. The van der Waals surface area contributed by atoms with Gasteiger partial charge in [-0.2, -0.15) is 0 Å². The van der Waals surface area contributed by atoms with Gasteiger partial charge < -0.3 is 15.0 Å². The summed E-state index contributed by atoms with van der Waals surface area (Å²) in [6.07, 6.45) is 1.96. The van der Waals surface area contributed by atoms with Crippen molar-refractivity contribution in [3.05, 3.63) is 52.5 Å². The summed E-state index contributed by atoms with van der Waals surface area (Å²) >= 11 is 5.93. The lowest BCUT2D eigenvalue weighted by molar-refractivity contribution is -0.119. The van der Waals surface area contributed by atoms with E-state index in [2.05, 4.69) is 5.32 Å². The predicted molar refractivity (Wildman–Crippen MR) is 124 cm³/mol. The average Bonchev–Trinajstić information content (AvgIpc) is 3.28. The van der Waals surface area contributed by atoms with Crippen LogP contribution in [0.25, 0.3) is 0 Å². The fourth-order valence-electron chi connectivity index (χ4n) is 3.45. The van der Waals surface area contributed by atoms with E-state index in [-0.39, 0.29) is 10.5 Å². The SMILES string of the molecule is Cc1cc(Cl)ccc1NC(=O)COC(=O)c1cc(S(=O)(=O)N(C)C)ccc1N1CCCC1. The first kappa shape index (κ1) is 24.0. The number of hydrogen-bond acceptors (Lipinski definition) is 6. The van der Waals surface area contributed by atoms with E-state index < -0.39 is 28.5 Å². The van der Waals surface area contributed by atoms with Crippen LogP contribution in [-0.2, 0) is 19.6 Å². The van der Waals surface area contributed by atoms with Crippen LogP contribution in [0.4, 0.5) is 11.4 Å². The monoisotopic (exact) mass is 479 g/mol. The number of amides is 1. The standard InChI is InChI=1S/C22H26ClN3O5S/c1-15-12-16(23)6-8-19(15)24-21(27)14-31-22(28)18-13-17(32(29,30)25(2)3)7-9-20(18)26-10-4-5-11-26/h6-9,12-13H,4-5,10-11,14H2,1-3H3,(H,24,27). The predicted octanol–water partition coefficient (Wildman–Crippen LogP) is 3.29. The Balaban J connectivity index is 1.79. The van der Waals surface area contributed by atoms with E-state index in [9.17, 15) is 18.0 Å². The molecule has 1 saturated heterocycles. The Bertz CT molecular complexity index is 1130. The fourth-order valence-corrected chi connectivity index (χ4v) is 4.60. The maximum Gasteiger partial charge on any atom is 0.340 e. The molecule has 0 radical (unpaired) electrons. The molecule has 2 aromatic carbocycles. The molecule has 1 aliphatic rings. The molecule has 172 valence electrons. The molecular formula is C22H26ClN3O5S. The normalized spacial score (nSPS) is 14.0. The van der Waals surface area contributed by atoms with Crippen LogP contribution in [-0.4, -0.2) is 58.4 Å². The molecule has 1 amide bonds. The van der Waals surface area contributed by atoms with Crippen molar-refractivity contribution in [2.45, 2.75) is 24.7 Å². The summed E-state index contributed by atoms with van der Waals surface area (Å²) in [4.78, 5) is 27.2. The number of esters is 1. The lowest BCUT2D eigenvalue weighted by atomic mass is 10.1. The van der Waals surface area contributed by atoms with Gasteiger partial charge in [-0.1, -0.05) is 11.6 Å². The van der Waals surface area contributed by atoms with Crippen LogP contribution in [0.5, 0.6) is 0 Å². The van der Waals surface area contributed by atoms with Crippen molar-refractivity contribution in [1.82, 2.24) is 4.31 Å². The number of rotatable bonds is 7. The molecule has 8 nitrogen and oxygen atoms in total. The molecule has 1 N–H and O–H groups in total. The van der Waals surface area contributed by atoms with Gasteiger partial charge in [-0.3, -0.25) is 4.79 Å². The zero-order chi connectivity index (χ0) is 23.5. The summed E-state index contributed by atoms with van der Waals surface area (Å²) in [5.41, 5.74) is 2.05. The number of nitrogens with one attached hydrogen (secondary N) is 1. The molecule has 0 aromatic heterocycles. The van der Waals surface area contributed by atoms with Gasteiger partial charge in [-0.15, -0.1) is 0 Å². The molecule has 0 atom stereocenters. The minimum atomic E-state index is -3.74. The lowest BCUT2D eigenvalue weighted by Crippen LogP contribution is -2.26. The highest BCUT2D eigenvalue weighted by molar-refractivity contribution is 7.89. The van der Waals surface area contributed by atoms with E-state index >= 15 is 0 Å². The molecule has 10 heteroatoms. The smallest absolute Gasteiger partial charge is 0.340 e. The Morgan fingerprint density at radius 2 is 1.81 bits per heavy atom. The number of benzene rings is 2. The minimum absolute atomic E-state index is 0.0152.